The van der Waals surface area contributed by atoms with Crippen molar-refractivity contribution in [2.75, 3.05) is 32.1 Å². The van der Waals surface area contributed by atoms with Crippen LogP contribution in [0.3, 0.4) is 0 Å². The van der Waals surface area contributed by atoms with Gasteiger partial charge in [0.2, 0.25) is 13.6 Å². The summed E-state index contributed by atoms with van der Waals surface area (Å²) in [5.74, 6) is 1.91. The molecule has 6 rings (SSSR count). The van der Waals surface area contributed by atoms with Crippen LogP contribution < -0.4 is 29.0 Å². The number of ether oxygens (including phenoxy) is 5. The molecule has 0 spiro atoms. The van der Waals surface area contributed by atoms with Gasteiger partial charge in [-0.1, -0.05) is 37.1 Å². The monoisotopic (exact) mass is 667 g/mol. The summed E-state index contributed by atoms with van der Waals surface area (Å²) >= 11 is 0. The predicted octanol–water partition coefficient (Wildman–Crippen LogP) is 7.95. The molecule has 10 nitrogen and oxygen atoms in total. The molecule has 2 aliphatic rings. The first-order chi connectivity index (χ1) is 23.9. The minimum Gasteiger partial charge on any atom is -0.493 e. The zero-order valence-electron chi connectivity index (χ0n) is 27.4. The summed E-state index contributed by atoms with van der Waals surface area (Å²) in [4.78, 5) is 22.2. The van der Waals surface area contributed by atoms with Crippen molar-refractivity contribution in [3.63, 3.8) is 0 Å². The highest BCUT2D eigenvalue weighted by Gasteiger charge is 2.17. The molecule has 0 unspecified atom stereocenters. The van der Waals surface area contributed by atoms with Crippen LogP contribution in [0, 0.1) is 0 Å². The Morgan fingerprint density at radius 1 is 0.633 bits per heavy atom. The fourth-order valence-electron chi connectivity index (χ4n) is 6.14. The van der Waals surface area contributed by atoms with Crippen molar-refractivity contribution in [2.24, 2.45) is 0 Å². The van der Waals surface area contributed by atoms with E-state index in [1.54, 1.807) is 0 Å². The average molecular weight is 668 g/mol. The number of carboxylic acids is 2. The molecule has 0 saturated heterocycles. The van der Waals surface area contributed by atoms with Crippen molar-refractivity contribution >= 4 is 17.6 Å². The van der Waals surface area contributed by atoms with Crippen molar-refractivity contribution in [3.8, 4) is 51.0 Å². The third kappa shape index (κ3) is 8.95. The number of aliphatic carboxylic acids is 2. The van der Waals surface area contributed by atoms with E-state index >= 15 is 0 Å². The Kier molecular flexibility index (Phi) is 11.0. The number of rotatable bonds is 18. The van der Waals surface area contributed by atoms with Gasteiger partial charge in [-0.2, -0.15) is 0 Å². The van der Waals surface area contributed by atoms with E-state index in [9.17, 15) is 14.7 Å². The minimum atomic E-state index is -0.862. The summed E-state index contributed by atoms with van der Waals surface area (Å²) in [5.41, 5.74) is 7.20. The number of fused-ring (bicyclic) bond motifs is 2. The number of hydrogen-bond donors (Lipinski definition) is 3. The van der Waals surface area contributed by atoms with Crippen LogP contribution in [-0.4, -0.2) is 48.9 Å². The minimum absolute atomic E-state index is 0.0143. The van der Waals surface area contributed by atoms with Gasteiger partial charge in [0.05, 0.1) is 6.61 Å². The van der Waals surface area contributed by atoms with Crippen LogP contribution in [0.25, 0.3) is 22.3 Å². The SMILES string of the molecule is O=C(O)CCCOc1cccc(CCCCCCNc2cc(-c3ccc4c(c3)OCO4)cc(-c3ccc4c(c3)OCO4)c2)c1CCC(=O)O. The molecule has 2 aliphatic heterocycles. The second-order valence-corrected chi connectivity index (χ2v) is 12.2. The van der Waals surface area contributed by atoms with Gasteiger partial charge in [-0.05, 0) is 114 Å². The molecule has 0 radical (unpaired) electrons. The molecule has 3 N–H and O–H groups in total. The lowest BCUT2D eigenvalue weighted by molar-refractivity contribution is -0.138. The maximum absolute atomic E-state index is 11.3. The van der Waals surface area contributed by atoms with Gasteiger partial charge in [0.15, 0.2) is 23.0 Å². The third-order valence-corrected chi connectivity index (χ3v) is 8.66. The highest BCUT2D eigenvalue weighted by molar-refractivity contribution is 5.80. The largest absolute Gasteiger partial charge is 0.493 e. The molecule has 10 heteroatoms. The number of unbranched alkanes of at least 4 members (excludes halogenated alkanes) is 3. The molecule has 2 heterocycles. The standard InChI is InChI=1S/C39H41NO9/c41-38(42)10-6-18-45-33-9-5-8-26(32(33)13-16-39(43)44)7-3-1-2-4-17-40-31-20-29(27-11-14-34-36(22-27)48-24-46-34)19-30(21-31)28-12-15-35-37(23-28)49-25-47-35/h5,8-9,11-12,14-15,19-23,40H,1-4,6-7,10,13,16-18,24-25H2,(H,41,42)(H,43,44). The molecule has 0 aromatic heterocycles. The highest BCUT2D eigenvalue weighted by atomic mass is 16.7. The van der Waals surface area contributed by atoms with Crippen molar-refractivity contribution in [2.45, 2.75) is 57.8 Å². The van der Waals surface area contributed by atoms with E-state index in [-0.39, 0.29) is 33.0 Å². The second-order valence-electron chi connectivity index (χ2n) is 12.2. The number of aryl methyl sites for hydroxylation is 1. The summed E-state index contributed by atoms with van der Waals surface area (Å²) < 4.78 is 28.2. The molecule has 0 amide bonds. The lowest BCUT2D eigenvalue weighted by Gasteiger charge is -2.15. The maximum atomic E-state index is 11.3. The van der Waals surface area contributed by atoms with Crippen molar-refractivity contribution in [1.29, 1.82) is 0 Å². The molecule has 4 aromatic carbocycles. The Morgan fingerprint density at radius 2 is 1.27 bits per heavy atom. The van der Waals surface area contributed by atoms with E-state index in [1.807, 2.05) is 54.6 Å². The van der Waals surface area contributed by atoms with E-state index in [2.05, 4.69) is 23.5 Å². The van der Waals surface area contributed by atoms with Crippen molar-refractivity contribution < 1.29 is 43.5 Å². The Labute approximate surface area is 285 Å². The molecule has 0 saturated carbocycles. The van der Waals surface area contributed by atoms with Gasteiger partial charge in [-0.3, -0.25) is 9.59 Å². The summed E-state index contributed by atoms with van der Waals surface area (Å²) in [6.07, 6.45) is 5.68. The normalized spacial score (nSPS) is 12.6. The summed E-state index contributed by atoms with van der Waals surface area (Å²) in [6.45, 7) is 1.55. The van der Waals surface area contributed by atoms with E-state index < -0.39 is 11.9 Å². The van der Waals surface area contributed by atoms with Crippen LogP contribution in [0.4, 0.5) is 5.69 Å². The lowest BCUT2D eigenvalue weighted by atomic mass is 9.96. The Bertz CT molecular complexity index is 1710. The van der Waals surface area contributed by atoms with Crippen molar-refractivity contribution in [3.05, 3.63) is 83.9 Å². The van der Waals surface area contributed by atoms with Crippen LogP contribution >= 0.6 is 0 Å². The number of carbonyl (C=O) groups is 2. The number of anilines is 1. The van der Waals surface area contributed by atoms with Gasteiger partial charge < -0.3 is 39.2 Å². The molecular formula is C39H41NO9. The van der Waals surface area contributed by atoms with Crippen LogP contribution in [-0.2, 0) is 22.4 Å². The van der Waals surface area contributed by atoms with E-state index in [4.69, 9.17) is 28.8 Å². The van der Waals surface area contributed by atoms with Gasteiger partial charge in [0.1, 0.15) is 5.75 Å². The van der Waals surface area contributed by atoms with Crippen LogP contribution in [0.1, 0.15) is 56.1 Å². The predicted molar refractivity (Wildman–Crippen MR) is 185 cm³/mol. The Balaban J connectivity index is 1.06. The number of hydrogen-bond acceptors (Lipinski definition) is 8. The van der Waals surface area contributed by atoms with Crippen LogP contribution in [0.15, 0.2) is 72.8 Å². The number of benzene rings is 4. The van der Waals surface area contributed by atoms with E-state index in [0.717, 1.165) is 101 Å². The van der Waals surface area contributed by atoms with Crippen molar-refractivity contribution in [1.82, 2.24) is 0 Å². The first-order valence-corrected chi connectivity index (χ1v) is 16.8. The van der Waals surface area contributed by atoms with E-state index in [1.165, 1.54) is 0 Å². The fourth-order valence-corrected chi connectivity index (χ4v) is 6.14. The Hall–Kier alpha value is -5.38. The second kappa shape index (κ2) is 16.1. The molecule has 0 aliphatic carbocycles. The molecular weight excluding hydrogens is 626 g/mol. The van der Waals surface area contributed by atoms with Crippen LogP contribution in [0.2, 0.25) is 0 Å². The molecule has 0 atom stereocenters. The highest BCUT2D eigenvalue weighted by Crippen LogP contribution is 2.40. The molecule has 0 fully saturated rings. The van der Waals surface area contributed by atoms with Gasteiger partial charge in [0.25, 0.3) is 0 Å². The zero-order valence-corrected chi connectivity index (χ0v) is 27.4. The number of carboxylic acid groups (broad SMARTS) is 2. The molecule has 4 aromatic rings. The van der Waals surface area contributed by atoms with Gasteiger partial charge in [-0.15, -0.1) is 0 Å². The zero-order chi connectivity index (χ0) is 34.0. The summed E-state index contributed by atoms with van der Waals surface area (Å²) in [7, 11) is 0. The lowest BCUT2D eigenvalue weighted by Crippen LogP contribution is -2.07. The summed E-state index contributed by atoms with van der Waals surface area (Å²) in [5, 5.41) is 21.8. The fraction of sp³-hybridized carbons (Fsp3) is 0.333. The first kappa shape index (κ1) is 33.5. The van der Waals surface area contributed by atoms with Gasteiger partial charge in [0, 0.05) is 25.1 Å². The first-order valence-electron chi connectivity index (χ1n) is 16.8. The third-order valence-electron chi connectivity index (χ3n) is 8.66. The molecule has 49 heavy (non-hydrogen) atoms. The average Bonchev–Trinajstić information content (AvgIpc) is 3.78. The Morgan fingerprint density at radius 3 is 1.92 bits per heavy atom. The van der Waals surface area contributed by atoms with Gasteiger partial charge in [-0.25, -0.2) is 0 Å². The quantitative estimate of drug-likeness (QED) is 0.0898. The topological polar surface area (TPSA) is 133 Å². The maximum Gasteiger partial charge on any atom is 0.303 e. The molecule has 256 valence electrons. The van der Waals surface area contributed by atoms with E-state index in [0.29, 0.717) is 18.6 Å². The number of nitrogens with one attached hydrogen (secondary N) is 1. The summed E-state index contributed by atoms with van der Waals surface area (Å²) in [6, 6.07) is 24.3. The smallest absolute Gasteiger partial charge is 0.303 e. The van der Waals surface area contributed by atoms with Crippen LogP contribution in [0.5, 0.6) is 28.7 Å². The molecule has 0 bridgehead atoms. The van der Waals surface area contributed by atoms with Gasteiger partial charge >= 0.3 is 11.9 Å².